The first-order valence-electron chi connectivity index (χ1n) is 8.77. The van der Waals surface area contributed by atoms with Crippen molar-refractivity contribution >= 4 is 35.0 Å². The van der Waals surface area contributed by atoms with E-state index in [0.29, 0.717) is 18.8 Å². The number of carbonyl (C=O) groups excluding carboxylic acids is 2. The van der Waals surface area contributed by atoms with Crippen molar-refractivity contribution in [3.63, 3.8) is 0 Å². The molecule has 1 saturated heterocycles. The second kappa shape index (κ2) is 7.00. The summed E-state index contributed by atoms with van der Waals surface area (Å²) in [6.45, 7) is 4.26. The predicted molar refractivity (Wildman–Crippen MR) is 101 cm³/mol. The summed E-state index contributed by atoms with van der Waals surface area (Å²) in [5.41, 5.74) is 4.00. The lowest BCUT2D eigenvalue weighted by molar-refractivity contribution is -0.133. The fraction of sp³-hybridized carbons (Fsp3) is 0.500. The van der Waals surface area contributed by atoms with E-state index in [9.17, 15) is 9.59 Å². The Morgan fingerprint density at radius 2 is 1.92 bits per heavy atom. The number of urea groups is 1. The molecular formula is C18H24N4O2S. The van der Waals surface area contributed by atoms with Crippen molar-refractivity contribution in [2.24, 2.45) is 5.92 Å². The quantitative estimate of drug-likeness (QED) is 0.571. The van der Waals surface area contributed by atoms with E-state index in [1.54, 1.807) is 0 Å². The van der Waals surface area contributed by atoms with Gasteiger partial charge in [-0.25, -0.2) is 4.79 Å². The first-order valence-corrected chi connectivity index (χ1v) is 9.17. The standard InChI is InChI=1S/C18H24N4O2S/c1-3-13-4-6-14(7-5-13)19-16(25)21-22-15(23)18(20-17(22)24)10-8-12(2)9-11-18/h4-7,12H,3,8-11H2,1-2H3,(H,20,24)(H2,19,21,25). The number of rotatable bonds is 3. The molecule has 0 atom stereocenters. The summed E-state index contributed by atoms with van der Waals surface area (Å²) in [6.07, 6.45) is 4.19. The van der Waals surface area contributed by atoms with Crippen LogP contribution < -0.4 is 16.1 Å². The van der Waals surface area contributed by atoms with E-state index < -0.39 is 11.6 Å². The number of nitrogens with one attached hydrogen (secondary N) is 3. The number of anilines is 1. The van der Waals surface area contributed by atoms with Crippen LogP contribution in [-0.2, 0) is 11.2 Å². The molecule has 1 aromatic carbocycles. The van der Waals surface area contributed by atoms with Crippen molar-refractivity contribution in [3.8, 4) is 0 Å². The van der Waals surface area contributed by atoms with Crippen LogP contribution in [0.3, 0.4) is 0 Å². The van der Waals surface area contributed by atoms with E-state index in [0.717, 1.165) is 30.0 Å². The summed E-state index contributed by atoms with van der Waals surface area (Å²) in [4.78, 5) is 25.0. The van der Waals surface area contributed by atoms with Gasteiger partial charge in [0.25, 0.3) is 5.91 Å². The molecule has 0 bridgehead atoms. The normalized spacial score (nSPS) is 25.8. The molecule has 1 saturated carbocycles. The zero-order valence-electron chi connectivity index (χ0n) is 14.6. The highest BCUT2D eigenvalue weighted by atomic mass is 32.1. The first kappa shape index (κ1) is 17.7. The molecule has 7 heteroatoms. The van der Waals surface area contributed by atoms with Crippen molar-refractivity contribution in [1.82, 2.24) is 15.8 Å². The first-order chi connectivity index (χ1) is 11.9. The lowest BCUT2D eigenvalue weighted by atomic mass is 9.77. The third kappa shape index (κ3) is 3.61. The van der Waals surface area contributed by atoms with Crippen molar-refractivity contribution in [3.05, 3.63) is 29.8 Å². The minimum Gasteiger partial charge on any atom is -0.331 e. The van der Waals surface area contributed by atoms with Crippen LogP contribution in [0.4, 0.5) is 10.5 Å². The van der Waals surface area contributed by atoms with Crippen LogP contribution in [-0.4, -0.2) is 27.6 Å². The van der Waals surface area contributed by atoms with Gasteiger partial charge >= 0.3 is 6.03 Å². The van der Waals surface area contributed by atoms with Gasteiger partial charge in [0.05, 0.1) is 0 Å². The zero-order chi connectivity index (χ0) is 18.0. The summed E-state index contributed by atoms with van der Waals surface area (Å²) >= 11 is 5.25. The molecule has 0 aromatic heterocycles. The average Bonchev–Trinajstić information content (AvgIpc) is 2.83. The van der Waals surface area contributed by atoms with Gasteiger partial charge in [-0.1, -0.05) is 26.0 Å². The summed E-state index contributed by atoms with van der Waals surface area (Å²) in [6, 6.07) is 7.42. The molecule has 134 valence electrons. The van der Waals surface area contributed by atoms with Crippen molar-refractivity contribution in [2.75, 3.05) is 5.32 Å². The largest absolute Gasteiger partial charge is 0.344 e. The predicted octanol–water partition coefficient (Wildman–Crippen LogP) is 2.95. The molecule has 25 heavy (non-hydrogen) atoms. The summed E-state index contributed by atoms with van der Waals surface area (Å²) in [5.74, 6) is 0.348. The van der Waals surface area contributed by atoms with E-state index in [1.165, 1.54) is 5.56 Å². The second-order valence-electron chi connectivity index (χ2n) is 6.95. The van der Waals surface area contributed by atoms with Gasteiger partial charge in [-0.05, 0) is 67.9 Å². The van der Waals surface area contributed by atoms with Crippen LogP contribution in [0.15, 0.2) is 24.3 Å². The number of hydrazine groups is 1. The zero-order valence-corrected chi connectivity index (χ0v) is 15.4. The highest BCUT2D eigenvalue weighted by Crippen LogP contribution is 2.35. The molecular weight excluding hydrogens is 336 g/mol. The molecule has 0 radical (unpaired) electrons. The lowest BCUT2D eigenvalue weighted by Gasteiger charge is -2.33. The molecule has 2 aliphatic rings. The molecule has 1 aromatic rings. The SMILES string of the molecule is CCc1ccc(NC(=S)NN2C(=O)NC3(CCC(C)CC3)C2=O)cc1. The monoisotopic (exact) mass is 360 g/mol. The van der Waals surface area contributed by atoms with E-state index in [4.69, 9.17) is 12.2 Å². The van der Waals surface area contributed by atoms with Gasteiger partial charge < -0.3 is 10.6 Å². The van der Waals surface area contributed by atoms with Crippen LogP contribution in [0.2, 0.25) is 0 Å². The van der Waals surface area contributed by atoms with Crippen LogP contribution in [0.1, 0.15) is 45.1 Å². The Morgan fingerprint density at radius 1 is 1.28 bits per heavy atom. The number of nitrogens with zero attached hydrogens (tertiary/aromatic N) is 1. The smallest absolute Gasteiger partial charge is 0.331 e. The average molecular weight is 360 g/mol. The van der Waals surface area contributed by atoms with Crippen molar-refractivity contribution in [2.45, 2.75) is 51.5 Å². The Morgan fingerprint density at radius 3 is 2.52 bits per heavy atom. The Labute approximate surface area is 153 Å². The van der Waals surface area contributed by atoms with E-state index in [-0.39, 0.29) is 11.0 Å². The van der Waals surface area contributed by atoms with Crippen molar-refractivity contribution in [1.29, 1.82) is 0 Å². The maximum absolute atomic E-state index is 12.8. The van der Waals surface area contributed by atoms with Gasteiger partial charge in [-0.2, -0.15) is 5.01 Å². The molecule has 1 aliphatic heterocycles. The fourth-order valence-electron chi connectivity index (χ4n) is 3.40. The van der Waals surface area contributed by atoms with Gasteiger partial charge in [-0.15, -0.1) is 0 Å². The third-order valence-electron chi connectivity index (χ3n) is 5.12. The Kier molecular flexibility index (Phi) is 4.94. The lowest BCUT2D eigenvalue weighted by Crippen LogP contribution is -2.52. The number of benzene rings is 1. The van der Waals surface area contributed by atoms with E-state index >= 15 is 0 Å². The third-order valence-corrected chi connectivity index (χ3v) is 5.32. The molecule has 0 unspecified atom stereocenters. The van der Waals surface area contributed by atoms with Crippen LogP contribution in [0.5, 0.6) is 0 Å². The Balaban J connectivity index is 1.62. The number of amides is 3. The molecule has 1 aliphatic carbocycles. The molecule has 3 rings (SSSR count). The van der Waals surface area contributed by atoms with E-state index in [2.05, 4.69) is 29.9 Å². The summed E-state index contributed by atoms with van der Waals surface area (Å²) in [7, 11) is 0. The Hall–Kier alpha value is -2.15. The van der Waals surface area contributed by atoms with Crippen LogP contribution in [0, 0.1) is 5.92 Å². The number of carbonyl (C=O) groups is 2. The Bertz CT molecular complexity index is 681. The number of imide groups is 1. The highest BCUT2D eigenvalue weighted by molar-refractivity contribution is 7.80. The van der Waals surface area contributed by atoms with Gasteiger partial charge in [0.1, 0.15) is 5.54 Å². The van der Waals surface area contributed by atoms with Gasteiger partial charge in [0.15, 0.2) is 5.11 Å². The number of hydrogen-bond acceptors (Lipinski definition) is 3. The second-order valence-corrected chi connectivity index (χ2v) is 7.36. The molecule has 6 nitrogen and oxygen atoms in total. The molecule has 3 amide bonds. The molecule has 2 fully saturated rings. The topological polar surface area (TPSA) is 73.5 Å². The van der Waals surface area contributed by atoms with Gasteiger partial charge in [0.2, 0.25) is 0 Å². The van der Waals surface area contributed by atoms with Gasteiger partial charge in [-0.3, -0.25) is 10.2 Å². The van der Waals surface area contributed by atoms with Gasteiger partial charge in [0, 0.05) is 5.69 Å². The fourth-order valence-corrected chi connectivity index (χ4v) is 3.61. The molecule has 1 heterocycles. The minimum atomic E-state index is -0.769. The van der Waals surface area contributed by atoms with Crippen molar-refractivity contribution < 1.29 is 9.59 Å². The molecule has 3 N–H and O–H groups in total. The maximum atomic E-state index is 12.8. The highest BCUT2D eigenvalue weighted by Gasteiger charge is 2.52. The minimum absolute atomic E-state index is 0.217. The maximum Gasteiger partial charge on any atom is 0.344 e. The van der Waals surface area contributed by atoms with E-state index in [1.807, 2.05) is 24.3 Å². The summed E-state index contributed by atoms with van der Waals surface area (Å²) in [5, 5.41) is 7.09. The van der Waals surface area contributed by atoms with Crippen LogP contribution >= 0.6 is 12.2 Å². The summed E-state index contributed by atoms with van der Waals surface area (Å²) < 4.78 is 0. The molecule has 1 spiro atoms. The number of aryl methyl sites for hydroxylation is 1. The number of thiocarbonyl (C=S) groups is 1. The van der Waals surface area contributed by atoms with Crippen LogP contribution in [0.25, 0.3) is 0 Å². The number of hydrogen-bond donors (Lipinski definition) is 3.